The normalized spacial score (nSPS) is 10.2. The number of aryl methyl sites for hydroxylation is 1. The zero-order valence-electron chi connectivity index (χ0n) is 13.2. The number of nitrogens with one attached hydrogen (secondary N) is 1. The molecule has 2 aromatic carbocycles. The van der Waals surface area contributed by atoms with Gasteiger partial charge in [-0.1, -0.05) is 24.3 Å². The molecule has 0 aliphatic carbocycles. The maximum atomic E-state index is 12.4. The van der Waals surface area contributed by atoms with Crippen LogP contribution in [-0.4, -0.2) is 18.4 Å². The second kappa shape index (κ2) is 7.92. The third-order valence-electron chi connectivity index (χ3n) is 3.39. The van der Waals surface area contributed by atoms with Crippen LogP contribution in [0.3, 0.4) is 0 Å². The van der Waals surface area contributed by atoms with E-state index >= 15 is 0 Å². The zero-order valence-corrected chi connectivity index (χ0v) is 14.8. The number of hydrogen-bond donors (Lipinski definition) is 1. The molecule has 2 aromatic rings. The summed E-state index contributed by atoms with van der Waals surface area (Å²) in [5.41, 5.74) is 2.54. The number of carbonyl (C=O) groups is 2. The van der Waals surface area contributed by atoms with E-state index in [-0.39, 0.29) is 18.2 Å². The molecule has 0 saturated carbocycles. The number of nitrogens with zero attached hydrogens (tertiary/aromatic N) is 1. The van der Waals surface area contributed by atoms with Crippen LogP contribution in [0.25, 0.3) is 0 Å². The van der Waals surface area contributed by atoms with Gasteiger partial charge in [-0.2, -0.15) is 0 Å². The van der Waals surface area contributed by atoms with Crippen molar-refractivity contribution in [3.05, 3.63) is 58.6 Å². The van der Waals surface area contributed by atoms with E-state index in [1.54, 1.807) is 11.0 Å². The highest BCUT2D eigenvalue weighted by molar-refractivity contribution is 9.10. The maximum absolute atomic E-state index is 12.4. The van der Waals surface area contributed by atoms with Gasteiger partial charge in [-0.3, -0.25) is 9.59 Å². The lowest BCUT2D eigenvalue weighted by Gasteiger charge is -2.21. The van der Waals surface area contributed by atoms with Gasteiger partial charge in [0.15, 0.2) is 0 Å². The monoisotopic (exact) mass is 374 g/mol. The number of hydrogen-bond acceptors (Lipinski definition) is 2. The van der Waals surface area contributed by atoms with Crippen LogP contribution < -0.4 is 10.2 Å². The molecule has 0 heterocycles. The first-order chi connectivity index (χ1) is 11.0. The minimum absolute atomic E-state index is 0.191. The van der Waals surface area contributed by atoms with Crippen LogP contribution in [0.1, 0.15) is 18.9 Å². The Hall–Kier alpha value is -2.14. The molecule has 120 valence electrons. The Morgan fingerprint density at radius 1 is 1.13 bits per heavy atom. The van der Waals surface area contributed by atoms with Crippen molar-refractivity contribution in [3.63, 3.8) is 0 Å². The van der Waals surface area contributed by atoms with Gasteiger partial charge in [0.2, 0.25) is 11.8 Å². The first kappa shape index (κ1) is 17.2. The SMILES string of the molecule is CCN(C(=O)CC(=O)Nc1ccccc1Br)c1cccc(C)c1. The topological polar surface area (TPSA) is 49.4 Å². The van der Waals surface area contributed by atoms with Gasteiger partial charge in [0.1, 0.15) is 6.42 Å². The molecular weight excluding hydrogens is 356 g/mol. The second-order valence-electron chi connectivity index (χ2n) is 5.18. The molecule has 0 unspecified atom stereocenters. The van der Waals surface area contributed by atoms with Gasteiger partial charge < -0.3 is 10.2 Å². The van der Waals surface area contributed by atoms with Crippen molar-refractivity contribution >= 4 is 39.1 Å². The standard InChI is InChI=1S/C18H19BrN2O2/c1-3-21(14-8-6-7-13(2)11-14)18(23)12-17(22)20-16-10-5-4-9-15(16)19/h4-11H,3,12H2,1-2H3,(H,20,22). The highest BCUT2D eigenvalue weighted by Crippen LogP contribution is 2.22. The molecule has 5 heteroatoms. The number of rotatable bonds is 5. The first-order valence-electron chi connectivity index (χ1n) is 7.42. The van der Waals surface area contributed by atoms with E-state index < -0.39 is 0 Å². The predicted molar refractivity (Wildman–Crippen MR) is 96.6 cm³/mol. The van der Waals surface area contributed by atoms with E-state index in [4.69, 9.17) is 0 Å². The molecule has 0 bridgehead atoms. The molecule has 0 radical (unpaired) electrons. The fourth-order valence-electron chi connectivity index (χ4n) is 2.29. The van der Waals surface area contributed by atoms with Crippen molar-refractivity contribution in [2.45, 2.75) is 20.3 Å². The van der Waals surface area contributed by atoms with E-state index in [2.05, 4.69) is 21.2 Å². The Labute approximate surface area is 144 Å². The van der Waals surface area contributed by atoms with Crippen molar-refractivity contribution < 1.29 is 9.59 Å². The fourth-order valence-corrected chi connectivity index (χ4v) is 2.67. The van der Waals surface area contributed by atoms with Crippen molar-refractivity contribution in [1.29, 1.82) is 0 Å². The van der Waals surface area contributed by atoms with E-state index in [0.717, 1.165) is 15.7 Å². The summed E-state index contributed by atoms with van der Waals surface area (Å²) in [5, 5.41) is 2.75. The van der Waals surface area contributed by atoms with Crippen LogP contribution in [0.5, 0.6) is 0 Å². The lowest BCUT2D eigenvalue weighted by molar-refractivity contribution is -0.125. The highest BCUT2D eigenvalue weighted by atomic mass is 79.9. The first-order valence-corrected chi connectivity index (χ1v) is 8.22. The number of benzene rings is 2. The number of carbonyl (C=O) groups excluding carboxylic acids is 2. The van der Waals surface area contributed by atoms with Crippen LogP contribution in [-0.2, 0) is 9.59 Å². The smallest absolute Gasteiger partial charge is 0.236 e. The molecule has 0 aliphatic rings. The number of halogens is 1. The third kappa shape index (κ3) is 4.66. The van der Waals surface area contributed by atoms with Crippen LogP contribution in [0.15, 0.2) is 53.0 Å². The molecular formula is C18H19BrN2O2. The van der Waals surface area contributed by atoms with Gasteiger partial charge in [0.25, 0.3) is 0 Å². The van der Waals surface area contributed by atoms with E-state index in [1.807, 2.05) is 56.3 Å². The van der Waals surface area contributed by atoms with E-state index in [9.17, 15) is 9.59 Å². The Morgan fingerprint density at radius 3 is 2.52 bits per heavy atom. The summed E-state index contributed by atoms with van der Waals surface area (Å²) in [6, 6.07) is 15.0. The van der Waals surface area contributed by atoms with E-state index in [0.29, 0.717) is 12.2 Å². The quantitative estimate of drug-likeness (QED) is 0.799. The third-order valence-corrected chi connectivity index (χ3v) is 4.08. The predicted octanol–water partition coefficient (Wildman–Crippen LogP) is 4.14. The Morgan fingerprint density at radius 2 is 1.87 bits per heavy atom. The molecule has 0 atom stereocenters. The average molecular weight is 375 g/mol. The lowest BCUT2D eigenvalue weighted by atomic mass is 10.2. The number of anilines is 2. The molecule has 0 spiro atoms. The van der Waals surface area contributed by atoms with Crippen LogP contribution >= 0.6 is 15.9 Å². The molecule has 23 heavy (non-hydrogen) atoms. The molecule has 0 fully saturated rings. The number of amides is 2. The van der Waals surface area contributed by atoms with E-state index in [1.165, 1.54) is 0 Å². The van der Waals surface area contributed by atoms with Gasteiger partial charge in [-0.25, -0.2) is 0 Å². The molecule has 0 saturated heterocycles. The van der Waals surface area contributed by atoms with Crippen molar-refractivity contribution in [2.75, 3.05) is 16.8 Å². The van der Waals surface area contributed by atoms with Gasteiger partial charge >= 0.3 is 0 Å². The highest BCUT2D eigenvalue weighted by Gasteiger charge is 2.18. The summed E-state index contributed by atoms with van der Waals surface area (Å²) >= 11 is 3.37. The summed E-state index contributed by atoms with van der Waals surface area (Å²) in [6.07, 6.45) is -0.191. The fraction of sp³-hybridized carbons (Fsp3) is 0.222. The minimum atomic E-state index is -0.326. The van der Waals surface area contributed by atoms with Crippen LogP contribution in [0.4, 0.5) is 11.4 Å². The lowest BCUT2D eigenvalue weighted by Crippen LogP contribution is -2.33. The van der Waals surface area contributed by atoms with Crippen molar-refractivity contribution in [3.8, 4) is 0 Å². The largest absolute Gasteiger partial charge is 0.325 e. The van der Waals surface area contributed by atoms with Gasteiger partial charge in [0.05, 0.1) is 5.69 Å². The average Bonchev–Trinajstić information content (AvgIpc) is 2.50. The number of para-hydroxylation sites is 1. The Bertz CT molecular complexity index is 716. The molecule has 2 amide bonds. The summed E-state index contributed by atoms with van der Waals surface area (Å²) in [5.74, 6) is -0.546. The Kier molecular flexibility index (Phi) is 5.93. The molecule has 1 N–H and O–H groups in total. The Balaban J connectivity index is 2.05. The summed E-state index contributed by atoms with van der Waals surface area (Å²) in [4.78, 5) is 26.2. The molecule has 4 nitrogen and oxygen atoms in total. The second-order valence-corrected chi connectivity index (χ2v) is 6.04. The molecule has 2 rings (SSSR count). The van der Waals surface area contributed by atoms with Crippen molar-refractivity contribution in [2.24, 2.45) is 0 Å². The van der Waals surface area contributed by atoms with Gasteiger partial charge in [-0.05, 0) is 59.6 Å². The molecule has 0 aliphatic heterocycles. The summed E-state index contributed by atoms with van der Waals surface area (Å²) in [6.45, 7) is 4.39. The summed E-state index contributed by atoms with van der Waals surface area (Å²) < 4.78 is 0.784. The van der Waals surface area contributed by atoms with Crippen LogP contribution in [0, 0.1) is 6.92 Å². The minimum Gasteiger partial charge on any atom is -0.325 e. The van der Waals surface area contributed by atoms with Gasteiger partial charge in [0, 0.05) is 16.7 Å². The molecule has 0 aromatic heterocycles. The van der Waals surface area contributed by atoms with Crippen molar-refractivity contribution in [1.82, 2.24) is 0 Å². The van der Waals surface area contributed by atoms with Crippen LogP contribution in [0.2, 0.25) is 0 Å². The zero-order chi connectivity index (χ0) is 16.8. The van der Waals surface area contributed by atoms with Gasteiger partial charge in [-0.15, -0.1) is 0 Å². The summed E-state index contributed by atoms with van der Waals surface area (Å²) in [7, 11) is 0. The maximum Gasteiger partial charge on any atom is 0.236 e.